The molecule has 0 aliphatic carbocycles. The first-order valence-electron chi connectivity index (χ1n) is 4.09. The van der Waals surface area contributed by atoms with Crippen molar-refractivity contribution in [3.63, 3.8) is 0 Å². The van der Waals surface area contributed by atoms with Crippen LogP contribution in [-0.4, -0.2) is 11.0 Å². The van der Waals surface area contributed by atoms with Crippen LogP contribution in [0, 0.1) is 6.92 Å². The zero-order valence-corrected chi connectivity index (χ0v) is 7.93. The van der Waals surface area contributed by atoms with Crippen LogP contribution in [0.2, 0.25) is 0 Å². The van der Waals surface area contributed by atoms with Gasteiger partial charge in [-0.2, -0.15) is 0 Å². The summed E-state index contributed by atoms with van der Waals surface area (Å²) in [5.41, 5.74) is 2.17. The lowest BCUT2D eigenvalue weighted by molar-refractivity contribution is 0.470. The third kappa shape index (κ3) is 2.15. The molecule has 0 bridgehead atoms. The molecular formula is C10H13ClO. The molecule has 1 nitrogen and oxygen atoms in total. The molecule has 12 heavy (non-hydrogen) atoms. The lowest BCUT2D eigenvalue weighted by Gasteiger charge is -2.05. The van der Waals surface area contributed by atoms with Crippen molar-refractivity contribution in [3.8, 4) is 5.75 Å². The van der Waals surface area contributed by atoms with Crippen LogP contribution in [0.3, 0.4) is 0 Å². The summed E-state index contributed by atoms with van der Waals surface area (Å²) in [6.07, 6.45) is 1.91. The number of aryl methyl sites for hydroxylation is 1. The first-order valence-corrected chi connectivity index (χ1v) is 4.62. The topological polar surface area (TPSA) is 20.2 Å². The third-order valence-electron chi connectivity index (χ3n) is 2.00. The Kier molecular flexibility index (Phi) is 3.42. The minimum atomic E-state index is 0.377. The van der Waals surface area contributed by atoms with Crippen LogP contribution in [0.1, 0.15) is 17.5 Å². The Morgan fingerprint density at radius 1 is 1.42 bits per heavy atom. The van der Waals surface area contributed by atoms with E-state index < -0.39 is 0 Å². The zero-order chi connectivity index (χ0) is 8.97. The Morgan fingerprint density at radius 2 is 2.17 bits per heavy atom. The highest BCUT2D eigenvalue weighted by Crippen LogP contribution is 2.20. The second-order valence-corrected chi connectivity index (χ2v) is 3.23. The van der Waals surface area contributed by atoms with Gasteiger partial charge in [-0.3, -0.25) is 0 Å². The molecule has 1 aromatic rings. The van der Waals surface area contributed by atoms with Crippen molar-refractivity contribution in [2.24, 2.45) is 0 Å². The van der Waals surface area contributed by atoms with E-state index in [1.807, 2.05) is 19.1 Å². The summed E-state index contributed by atoms with van der Waals surface area (Å²) < 4.78 is 0. The number of phenols is 1. The van der Waals surface area contributed by atoms with E-state index in [0.717, 1.165) is 18.4 Å². The van der Waals surface area contributed by atoms with Gasteiger partial charge in [0.15, 0.2) is 0 Å². The predicted molar refractivity (Wildman–Crippen MR) is 51.9 cm³/mol. The molecule has 0 radical (unpaired) electrons. The third-order valence-corrected chi connectivity index (χ3v) is 2.26. The minimum Gasteiger partial charge on any atom is -0.508 e. The van der Waals surface area contributed by atoms with Gasteiger partial charge >= 0.3 is 0 Å². The summed E-state index contributed by atoms with van der Waals surface area (Å²) in [4.78, 5) is 0. The van der Waals surface area contributed by atoms with Crippen molar-refractivity contribution in [1.29, 1.82) is 0 Å². The minimum absolute atomic E-state index is 0.377. The molecule has 0 spiro atoms. The molecule has 0 fully saturated rings. The molecule has 1 aromatic carbocycles. The fraction of sp³-hybridized carbons (Fsp3) is 0.400. The Labute approximate surface area is 78.0 Å². The first kappa shape index (κ1) is 9.40. The summed E-state index contributed by atoms with van der Waals surface area (Å²) in [5.74, 6) is 1.05. The standard InChI is InChI=1S/C10H13ClO/c1-8-9(5-3-7-11)4-2-6-10(8)12/h2,4,6,12H,3,5,7H2,1H3. The molecule has 0 heterocycles. The van der Waals surface area contributed by atoms with Gasteiger partial charge in [-0.1, -0.05) is 12.1 Å². The van der Waals surface area contributed by atoms with E-state index in [0.29, 0.717) is 11.6 Å². The summed E-state index contributed by atoms with van der Waals surface area (Å²) >= 11 is 5.58. The van der Waals surface area contributed by atoms with Crippen molar-refractivity contribution >= 4 is 11.6 Å². The van der Waals surface area contributed by atoms with E-state index in [1.54, 1.807) is 6.07 Å². The Hall–Kier alpha value is -0.690. The number of benzene rings is 1. The Bertz CT molecular complexity index is 258. The molecule has 1 N–H and O–H groups in total. The van der Waals surface area contributed by atoms with Gasteiger partial charge in [0, 0.05) is 5.88 Å². The maximum absolute atomic E-state index is 9.37. The molecule has 2 heteroatoms. The number of alkyl halides is 1. The SMILES string of the molecule is Cc1c(O)cccc1CCCCl. The van der Waals surface area contributed by atoms with Crippen LogP contribution in [0.15, 0.2) is 18.2 Å². The summed E-state index contributed by atoms with van der Waals surface area (Å²) in [5, 5.41) is 9.37. The van der Waals surface area contributed by atoms with Crippen molar-refractivity contribution < 1.29 is 5.11 Å². The smallest absolute Gasteiger partial charge is 0.118 e. The van der Waals surface area contributed by atoms with Gasteiger partial charge in [-0.25, -0.2) is 0 Å². The van der Waals surface area contributed by atoms with Crippen LogP contribution in [0.4, 0.5) is 0 Å². The number of phenolic OH excluding ortho intramolecular Hbond substituents is 1. The molecular weight excluding hydrogens is 172 g/mol. The highest BCUT2D eigenvalue weighted by atomic mass is 35.5. The number of halogens is 1. The van der Waals surface area contributed by atoms with Crippen molar-refractivity contribution in [2.45, 2.75) is 19.8 Å². The van der Waals surface area contributed by atoms with Gasteiger partial charge in [0.1, 0.15) is 5.75 Å². The zero-order valence-electron chi connectivity index (χ0n) is 7.18. The van der Waals surface area contributed by atoms with Crippen LogP contribution in [0.25, 0.3) is 0 Å². The van der Waals surface area contributed by atoms with Crippen molar-refractivity contribution in [3.05, 3.63) is 29.3 Å². The number of hydrogen-bond donors (Lipinski definition) is 1. The number of aromatic hydroxyl groups is 1. The average Bonchev–Trinajstić information content (AvgIpc) is 2.08. The van der Waals surface area contributed by atoms with Crippen LogP contribution >= 0.6 is 11.6 Å². The molecule has 1 rings (SSSR count). The molecule has 66 valence electrons. The van der Waals surface area contributed by atoms with Crippen LogP contribution < -0.4 is 0 Å². The molecule has 0 saturated heterocycles. The summed E-state index contributed by atoms with van der Waals surface area (Å²) in [6.45, 7) is 1.93. The largest absolute Gasteiger partial charge is 0.508 e. The monoisotopic (exact) mass is 184 g/mol. The Morgan fingerprint density at radius 3 is 2.83 bits per heavy atom. The van der Waals surface area contributed by atoms with E-state index in [9.17, 15) is 5.11 Å². The lowest BCUT2D eigenvalue weighted by Crippen LogP contribution is -1.90. The van der Waals surface area contributed by atoms with Crippen LogP contribution in [-0.2, 0) is 6.42 Å². The second kappa shape index (κ2) is 4.36. The predicted octanol–water partition coefficient (Wildman–Crippen LogP) is 2.87. The fourth-order valence-corrected chi connectivity index (χ4v) is 1.33. The normalized spacial score (nSPS) is 10.2. The second-order valence-electron chi connectivity index (χ2n) is 2.85. The number of hydrogen-bond acceptors (Lipinski definition) is 1. The quantitative estimate of drug-likeness (QED) is 0.717. The van der Waals surface area contributed by atoms with Crippen LogP contribution in [0.5, 0.6) is 5.75 Å². The molecule has 0 unspecified atom stereocenters. The van der Waals surface area contributed by atoms with Gasteiger partial charge in [0.2, 0.25) is 0 Å². The van der Waals surface area contributed by atoms with Crippen molar-refractivity contribution in [1.82, 2.24) is 0 Å². The van der Waals surface area contributed by atoms with E-state index >= 15 is 0 Å². The Balaban J connectivity index is 2.78. The van der Waals surface area contributed by atoms with Gasteiger partial charge in [-0.15, -0.1) is 11.6 Å². The fourth-order valence-electron chi connectivity index (χ4n) is 1.20. The highest BCUT2D eigenvalue weighted by Gasteiger charge is 2.00. The van der Waals surface area contributed by atoms with Gasteiger partial charge < -0.3 is 5.11 Å². The first-order chi connectivity index (χ1) is 5.75. The molecule has 0 saturated carbocycles. The maximum atomic E-state index is 9.37. The molecule has 0 aromatic heterocycles. The average molecular weight is 185 g/mol. The lowest BCUT2D eigenvalue weighted by atomic mass is 10.0. The van der Waals surface area contributed by atoms with E-state index in [4.69, 9.17) is 11.6 Å². The van der Waals surface area contributed by atoms with E-state index in [-0.39, 0.29) is 0 Å². The maximum Gasteiger partial charge on any atom is 0.118 e. The van der Waals surface area contributed by atoms with E-state index in [2.05, 4.69) is 0 Å². The molecule has 0 atom stereocenters. The summed E-state index contributed by atoms with van der Waals surface area (Å²) in [6, 6.07) is 5.60. The molecule has 0 aliphatic rings. The molecule has 0 aliphatic heterocycles. The van der Waals surface area contributed by atoms with Gasteiger partial charge in [0.25, 0.3) is 0 Å². The number of rotatable bonds is 3. The molecule has 0 amide bonds. The van der Waals surface area contributed by atoms with Gasteiger partial charge in [0.05, 0.1) is 0 Å². The summed E-state index contributed by atoms with van der Waals surface area (Å²) in [7, 11) is 0. The van der Waals surface area contributed by atoms with Crippen molar-refractivity contribution in [2.75, 3.05) is 5.88 Å². The van der Waals surface area contributed by atoms with Gasteiger partial charge in [-0.05, 0) is 37.0 Å². The highest BCUT2D eigenvalue weighted by molar-refractivity contribution is 6.17. The van der Waals surface area contributed by atoms with E-state index in [1.165, 1.54) is 5.56 Å².